The van der Waals surface area contributed by atoms with Gasteiger partial charge >= 0.3 is 0 Å². The lowest BCUT2D eigenvalue weighted by atomic mass is 10.1. The van der Waals surface area contributed by atoms with Gasteiger partial charge in [0.15, 0.2) is 11.0 Å². The summed E-state index contributed by atoms with van der Waals surface area (Å²) >= 11 is 1.46. The molecule has 32 heavy (non-hydrogen) atoms. The Labute approximate surface area is 192 Å². The fourth-order valence-corrected chi connectivity index (χ4v) is 4.20. The van der Waals surface area contributed by atoms with Gasteiger partial charge in [-0.05, 0) is 56.7 Å². The summed E-state index contributed by atoms with van der Waals surface area (Å²) in [6.07, 6.45) is 2.84. The highest BCUT2D eigenvalue weighted by Gasteiger charge is 2.18. The Morgan fingerprint density at radius 2 is 1.66 bits per heavy atom. The molecule has 0 saturated carbocycles. The second-order valence-corrected chi connectivity index (χ2v) is 8.74. The monoisotopic (exact) mass is 446 g/mol. The molecule has 2 aromatic carbocycles. The first-order chi connectivity index (χ1) is 15.5. The van der Waals surface area contributed by atoms with E-state index in [4.69, 9.17) is 4.74 Å². The van der Waals surface area contributed by atoms with Crippen molar-refractivity contribution in [2.75, 3.05) is 12.4 Å². The molecule has 7 heteroatoms. The van der Waals surface area contributed by atoms with Crippen molar-refractivity contribution in [3.8, 4) is 22.8 Å². The molecule has 4 rings (SSSR count). The predicted molar refractivity (Wildman–Crippen MR) is 127 cm³/mol. The fourth-order valence-electron chi connectivity index (χ4n) is 3.34. The number of rotatable bonds is 8. The van der Waals surface area contributed by atoms with Gasteiger partial charge in [0.05, 0.1) is 6.10 Å². The van der Waals surface area contributed by atoms with Gasteiger partial charge in [-0.15, -0.1) is 10.2 Å². The topological polar surface area (TPSA) is 73.1 Å². The molecule has 0 saturated heterocycles. The van der Waals surface area contributed by atoms with Gasteiger partial charge in [0.2, 0.25) is 0 Å². The van der Waals surface area contributed by atoms with Crippen LogP contribution < -0.4 is 4.74 Å². The van der Waals surface area contributed by atoms with Crippen molar-refractivity contribution in [2.24, 2.45) is 0 Å². The predicted octanol–water partition coefficient (Wildman–Crippen LogP) is 4.79. The van der Waals surface area contributed by atoms with E-state index in [0.717, 1.165) is 28.4 Å². The van der Waals surface area contributed by atoms with E-state index in [1.54, 1.807) is 12.4 Å². The zero-order valence-electron chi connectivity index (χ0n) is 18.4. The van der Waals surface area contributed by atoms with Crippen LogP contribution in [0.5, 0.6) is 5.75 Å². The third-order valence-electron chi connectivity index (χ3n) is 5.03. The molecular weight excluding hydrogens is 420 g/mol. The lowest BCUT2D eigenvalue weighted by Gasteiger charge is -2.15. The lowest BCUT2D eigenvalue weighted by molar-refractivity contribution is 0.126. The fraction of sp³-hybridized carbons (Fsp3) is 0.240. The SMILES string of the molecule is Cc1ccc(-n2c(SCC(O)COc3ccc(C)cc3C)nnc2-c2ccncc2)cc1. The second-order valence-electron chi connectivity index (χ2n) is 7.76. The molecule has 1 N–H and O–H groups in total. The molecule has 4 aromatic rings. The van der Waals surface area contributed by atoms with Crippen LogP contribution in [-0.4, -0.2) is 43.3 Å². The van der Waals surface area contributed by atoms with Crippen molar-refractivity contribution < 1.29 is 9.84 Å². The van der Waals surface area contributed by atoms with Crippen LogP contribution in [0.2, 0.25) is 0 Å². The number of aliphatic hydroxyl groups excluding tert-OH is 1. The molecule has 0 aliphatic carbocycles. The summed E-state index contributed by atoms with van der Waals surface area (Å²) in [6, 6.07) is 18.1. The molecule has 164 valence electrons. The summed E-state index contributed by atoms with van der Waals surface area (Å²) in [5.41, 5.74) is 5.33. The number of aryl methyl sites for hydroxylation is 3. The first-order valence-corrected chi connectivity index (χ1v) is 11.4. The van der Waals surface area contributed by atoms with Gasteiger partial charge in [-0.2, -0.15) is 0 Å². The summed E-state index contributed by atoms with van der Waals surface area (Å²) in [6.45, 7) is 6.33. The van der Waals surface area contributed by atoms with E-state index in [9.17, 15) is 5.11 Å². The van der Waals surface area contributed by atoms with E-state index in [0.29, 0.717) is 10.9 Å². The van der Waals surface area contributed by atoms with Crippen molar-refractivity contribution in [2.45, 2.75) is 32.0 Å². The number of hydrogen-bond donors (Lipinski definition) is 1. The third-order valence-corrected chi connectivity index (χ3v) is 6.10. The lowest BCUT2D eigenvalue weighted by Crippen LogP contribution is -2.20. The van der Waals surface area contributed by atoms with Crippen LogP contribution in [0, 0.1) is 20.8 Å². The maximum absolute atomic E-state index is 10.5. The van der Waals surface area contributed by atoms with E-state index in [2.05, 4.69) is 40.3 Å². The van der Waals surface area contributed by atoms with Crippen LogP contribution >= 0.6 is 11.8 Å². The average molecular weight is 447 g/mol. The van der Waals surface area contributed by atoms with Crippen molar-refractivity contribution >= 4 is 11.8 Å². The summed E-state index contributed by atoms with van der Waals surface area (Å²) in [7, 11) is 0. The number of thioether (sulfide) groups is 1. The highest BCUT2D eigenvalue weighted by Crippen LogP contribution is 2.28. The Hall–Kier alpha value is -3.16. The number of aromatic nitrogens is 4. The van der Waals surface area contributed by atoms with Crippen LogP contribution in [-0.2, 0) is 0 Å². The van der Waals surface area contributed by atoms with Crippen molar-refractivity contribution in [3.63, 3.8) is 0 Å². The van der Waals surface area contributed by atoms with Crippen molar-refractivity contribution in [3.05, 3.63) is 83.7 Å². The van der Waals surface area contributed by atoms with Crippen molar-refractivity contribution in [1.82, 2.24) is 19.7 Å². The second kappa shape index (κ2) is 9.97. The minimum Gasteiger partial charge on any atom is -0.491 e. The number of ether oxygens (including phenoxy) is 1. The summed E-state index contributed by atoms with van der Waals surface area (Å²) in [5, 5.41) is 20.1. The molecule has 0 amide bonds. The summed E-state index contributed by atoms with van der Waals surface area (Å²) < 4.78 is 7.84. The molecule has 1 atom stereocenters. The number of benzene rings is 2. The van der Waals surface area contributed by atoms with E-state index in [-0.39, 0.29) is 6.61 Å². The minimum atomic E-state index is -0.645. The molecule has 2 heterocycles. The Morgan fingerprint density at radius 1 is 0.938 bits per heavy atom. The Kier molecular flexibility index (Phi) is 6.87. The van der Waals surface area contributed by atoms with Gasteiger partial charge in [-0.1, -0.05) is 47.2 Å². The number of nitrogens with zero attached hydrogens (tertiary/aromatic N) is 4. The molecule has 6 nitrogen and oxygen atoms in total. The van der Waals surface area contributed by atoms with Gasteiger partial charge in [0.25, 0.3) is 0 Å². The molecule has 0 aliphatic rings. The first-order valence-electron chi connectivity index (χ1n) is 10.4. The number of aliphatic hydroxyl groups is 1. The zero-order chi connectivity index (χ0) is 22.5. The molecule has 0 radical (unpaired) electrons. The van der Waals surface area contributed by atoms with Crippen LogP contribution in [0.25, 0.3) is 17.1 Å². The standard InChI is InChI=1S/C25H26N4O2S/c1-17-4-7-21(8-5-17)29-24(20-10-12-26-13-11-20)27-28-25(29)32-16-22(30)15-31-23-9-6-18(2)14-19(23)3/h4-14,22,30H,15-16H2,1-3H3. The van der Waals surface area contributed by atoms with Gasteiger partial charge in [-0.3, -0.25) is 9.55 Å². The normalized spacial score (nSPS) is 12.0. The van der Waals surface area contributed by atoms with Crippen molar-refractivity contribution in [1.29, 1.82) is 0 Å². The molecule has 0 spiro atoms. The van der Waals surface area contributed by atoms with E-state index < -0.39 is 6.10 Å². The highest BCUT2D eigenvalue weighted by atomic mass is 32.2. The Bertz CT molecular complexity index is 1180. The molecule has 0 fully saturated rings. The quantitative estimate of drug-likeness (QED) is 0.393. The van der Waals surface area contributed by atoms with E-state index in [1.165, 1.54) is 22.9 Å². The maximum atomic E-state index is 10.5. The molecule has 0 aliphatic heterocycles. The number of hydrogen-bond acceptors (Lipinski definition) is 6. The Balaban J connectivity index is 1.50. The van der Waals surface area contributed by atoms with Gasteiger partial charge < -0.3 is 9.84 Å². The maximum Gasteiger partial charge on any atom is 0.196 e. The van der Waals surface area contributed by atoms with Crippen LogP contribution in [0.4, 0.5) is 0 Å². The van der Waals surface area contributed by atoms with Crippen LogP contribution in [0.1, 0.15) is 16.7 Å². The average Bonchev–Trinajstić information content (AvgIpc) is 3.22. The van der Waals surface area contributed by atoms with E-state index >= 15 is 0 Å². The van der Waals surface area contributed by atoms with Crippen LogP contribution in [0.3, 0.4) is 0 Å². The minimum absolute atomic E-state index is 0.215. The smallest absolute Gasteiger partial charge is 0.196 e. The molecule has 0 bridgehead atoms. The molecular formula is C25H26N4O2S. The first kappa shape index (κ1) is 22.0. The van der Waals surface area contributed by atoms with Gasteiger partial charge in [-0.25, -0.2) is 0 Å². The zero-order valence-corrected chi connectivity index (χ0v) is 19.2. The number of pyridine rings is 1. The summed E-state index contributed by atoms with van der Waals surface area (Å²) in [5.74, 6) is 1.97. The highest BCUT2D eigenvalue weighted by molar-refractivity contribution is 7.99. The van der Waals surface area contributed by atoms with Gasteiger partial charge in [0.1, 0.15) is 12.4 Å². The van der Waals surface area contributed by atoms with E-state index in [1.807, 2.05) is 54.8 Å². The largest absolute Gasteiger partial charge is 0.491 e. The molecule has 2 aromatic heterocycles. The third kappa shape index (κ3) is 5.18. The molecule has 1 unspecified atom stereocenters. The Morgan fingerprint density at radius 3 is 2.38 bits per heavy atom. The summed E-state index contributed by atoms with van der Waals surface area (Å²) in [4.78, 5) is 4.10. The van der Waals surface area contributed by atoms with Crippen LogP contribution in [0.15, 0.2) is 72.1 Å². The van der Waals surface area contributed by atoms with Gasteiger partial charge in [0, 0.05) is 29.4 Å².